The molecular weight excluding hydrogens is 251 g/mol. The lowest BCUT2D eigenvalue weighted by Crippen LogP contribution is -1.95. The van der Waals surface area contributed by atoms with Crippen molar-refractivity contribution < 1.29 is 4.39 Å². The van der Waals surface area contributed by atoms with Gasteiger partial charge in [-0.1, -0.05) is 12.1 Å². The van der Waals surface area contributed by atoms with Crippen molar-refractivity contribution in [3.8, 4) is 22.1 Å². The van der Waals surface area contributed by atoms with Gasteiger partial charge in [0.15, 0.2) is 11.6 Å². The number of hydrogen-bond acceptors (Lipinski definition) is 4. The van der Waals surface area contributed by atoms with E-state index in [1.165, 1.54) is 6.07 Å². The predicted molar refractivity (Wildman–Crippen MR) is 69.5 cm³/mol. The van der Waals surface area contributed by atoms with E-state index in [1.807, 2.05) is 17.5 Å². The Morgan fingerprint density at radius 3 is 2.89 bits per heavy atom. The highest BCUT2D eigenvalue weighted by molar-refractivity contribution is 7.13. The number of H-pyrrole nitrogens is 1. The fraction of sp³-hybridized carbons (Fsp3) is 0. The van der Waals surface area contributed by atoms with Crippen LogP contribution in [0.2, 0.25) is 0 Å². The summed E-state index contributed by atoms with van der Waals surface area (Å²) in [5.74, 6) is 0.592. The second kappa shape index (κ2) is 4.23. The Kier molecular flexibility index (Phi) is 2.56. The Balaban J connectivity index is 2.06. The van der Waals surface area contributed by atoms with E-state index < -0.39 is 5.82 Å². The van der Waals surface area contributed by atoms with Crippen LogP contribution in [0.4, 0.5) is 10.1 Å². The second-order valence-corrected chi connectivity index (χ2v) is 4.63. The number of aromatic nitrogens is 3. The molecule has 0 aliphatic rings. The number of nitrogens with one attached hydrogen (secondary N) is 1. The molecule has 1 aromatic carbocycles. The van der Waals surface area contributed by atoms with Crippen molar-refractivity contribution in [3.05, 3.63) is 41.5 Å². The zero-order valence-electron chi connectivity index (χ0n) is 9.22. The van der Waals surface area contributed by atoms with Crippen LogP contribution >= 0.6 is 11.3 Å². The van der Waals surface area contributed by atoms with Crippen LogP contribution in [0.15, 0.2) is 35.7 Å². The Bertz CT molecular complexity index is 675. The van der Waals surface area contributed by atoms with Crippen LogP contribution in [0.1, 0.15) is 0 Å². The summed E-state index contributed by atoms with van der Waals surface area (Å²) in [7, 11) is 0. The molecule has 0 amide bonds. The zero-order chi connectivity index (χ0) is 12.5. The summed E-state index contributed by atoms with van der Waals surface area (Å²) in [6.45, 7) is 0. The molecule has 0 fully saturated rings. The third-order valence-corrected chi connectivity index (χ3v) is 3.41. The number of aromatic amines is 1. The average Bonchev–Trinajstić information content (AvgIpc) is 3.01. The molecule has 2 heterocycles. The molecule has 3 rings (SSSR count). The maximum Gasteiger partial charge on any atom is 0.183 e. The van der Waals surface area contributed by atoms with Crippen LogP contribution in [0.3, 0.4) is 0 Å². The highest BCUT2D eigenvalue weighted by Crippen LogP contribution is 2.27. The van der Waals surface area contributed by atoms with Gasteiger partial charge < -0.3 is 5.73 Å². The number of benzene rings is 1. The minimum atomic E-state index is -0.463. The van der Waals surface area contributed by atoms with E-state index in [0.29, 0.717) is 17.2 Å². The monoisotopic (exact) mass is 260 g/mol. The summed E-state index contributed by atoms with van der Waals surface area (Å²) in [5.41, 5.74) is 6.23. The molecule has 0 aliphatic heterocycles. The van der Waals surface area contributed by atoms with Gasteiger partial charge in [0.25, 0.3) is 0 Å². The predicted octanol–water partition coefficient (Wildman–Crippen LogP) is 2.92. The number of nitrogen functional groups attached to an aromatic ring is 1. The van der Waals surface area contributed by atoms with Crippen LogP contribution in [0.5, 0.6) is 0 Å². The SMILES string of the molecule is Nc1c(F)cccc1-c1n[nH]c(-c2cccs2)n1. The summed E-state index contributed by atoms with van der Waals surface area (Å²) in [6.07, 6.45) is 0. The lowest BCUT2D eigenvalue weighted by molar-refractivity contribution is 0.633. The van der Waals surface area contributed by atoms with Gasteiger partial charge in [-0.15, -0.1) is 11.3 Å². The van der Waals surface area contributed by atoms with Crippen molar-refractivity contribution in [2.45, 2.75) is 0 Å². The molecule has 0 unspecified atom stereocenters. The maximum atomic E-state index is 13.4. The van der Waals surface area contributed by atoms with Crippen molar-refractivity contribution in [2.75, 3.05) is 5.73 Å². The van der Waals surface area contributed by atoms with Gasteiger partial charge in [0.05, 0.1) is 10.6 Å². The minimum absolute atomic E-state index is 0.0641. The molecule has 4 nitrogen and oxygen atoms in total. The first kappa shape index (κ1) is 10.9. The third-order valence-electron chi connectivity index (χ3n) is 2.53. The van der Waals surface area contributed by atoms with Gasteiger partial charge in [0, 0.05) is 5.56 Å². The number of para-hydroxylation sites is 1. The van der Waals surface area contributed by atoms with E-state index in [2.05, 4.69) is 15.2 Å². The summed E-state index contributed by atoms with van der Waals surface area (Å²) >= 11 is 1.55. The summed E-state index contributed by atoms with van der Waals surface area (Å²) in [4.78, 5) is 5.30. The van der Waals surface area contributed by atoms with E-state index in [9.17, 15) is 4.39 Å². The molecule has 18 heavy (non-hydrogen) atoms. The average molecular weight is 260 g/mol. The molecule has 0 radical (unpaired) electrons. The molecular formula is C12H9FN4S. The Morgan fingerprint density at radius 2 is 2.11 bits per heavy atom. The number of halogens is 1. The van der Waals surface area contributed by atoms with Gasteiger partial charge in [-0.05, 0) is 23.6 Å². The number of thiophene rings is 1. The van der Waals surface area contributed by atoms with Gasteiger partial charge in [-0.3, -0.25) is 5.10 Å². The first-order valence-corrected chi connectivity index (χ1v) is 6.14. The van der Waals surface area contributed by atoms with Crippen LogP contribution in [-0.4, -0.2) is 15.2 Å². The van der Waals surface area contributed by atoms with Crippen molar-refractivity contribution in [1.29, 1.82) is 0 Å². The van der Waals surface area contributed by atoms with Crippen LogP contribution in [0, 0.1) is 5.82 Å². The lowest BCUT2D eigenvalue weighted by atomic mass is 10.1. The quantitative estimate of drug-likeness (QED) is 0.696. The Hall–Kier alpha value is -2.21. The van der Waals surface area contributed by atoms with E-state index in [0.717, 1.165) is 4.88 Å². The molecule has 0 spiro atoms. The van der Waals surface area contributed by atoms with Gasteiger partial charge >= 0.3 is 0 Å². The zero-order valence-corrected chi connectivity index (χ0v) is 10.0. The van der Waals surface area contributed by atoms with Crippen LogP contribution < -0.4 is 5.73 Å². The number of rotatable bonds is 2. The number of nitrogens with two attached hydrogens (primary N) is 1. The summed E-state index contributed by atoms with van der Waals surface area (Å²) in [6, 6.07) is 8.45. The lowest BCUT2D eigenvalue weighted by Gasteiger charge is -2.01. The summed E-state index contributed by atoms with van der Waals surface area (Å²) in [5, 5.41) is 8.85. The second-order valence-electron chi connectivity index (χ2n) is 3.69. The molecule has 0 atom stereocenters. The Labute approximate surface area is 106 Å². The maximum absolute atomic E-state index is 13.4. The highest BCUT2D eigenvalue weighted by Gasteiger charge is 2.12. The molecule has 6 heteroatoms. The minimum Gasteiger partial charge on any atom is -0.396 e. The van der Waals surface area contributed by atoms with Crippen LogP contribution in [-0.2, 0) is 0 Å². The molecule has 0 saturated carbocycles. The fourth-order valence-corrected chi connectivity index (χ4v) is 2.30. The largest absolute Gasteiger partial charge is 0.396 e. The molecule has 90 valence electrons. The topological polar surface area (TPSA) is 67.6 Å². The fourth-order valence-electron chi connectivity index (χ4n) is 1.64. The molecule has 3 aromatic rings. The van der Waals surface area contributed by atoms with Crippen molar-refractivity contribution >= 4 is 17.0 Å². The number of nitrogens with zero attached hydrogens (tertiary/aromatic N) is 2. The standard InChI is InChI=1S/C12H9FN4S/c13-8-4-1-3-7(10(8)14)11-15-12(17-16-11)9-5-2-6-18-9/h1-6H,14H2,(H,15,16,17). The van der Waals surface area contributed by atoms with Crippen molar-refractivity contribution in [1.82, 2.24) is 15.2 Å². The molecule has 0 aliphatic carbocycles. The highest BCUT2D eigenvalue weighted by atomic mass is 32.1. The smallest absolute Gasteiger partial charge is 0.183 e. The van der Waals surface area contributed by atoms with E-state index in [4.69, 9.17) is 5.73 Å². The van der Waals surface area contributed by atoms with Gasteiger partial charge in [0.1, 0.15) is 5.82 Å². The number of anilines is 1. The van der Waals surface area contributed by atoms with E-state index >= 15 is 0 Å². The number of hydrogen-bond donors (Lipinski definition) is 2. The third kappa shape index (κ3) is 1.76. The van der Waals surface area contributed by atoms with Crippen molar-refractivity contribution in [3.63, 3.8) is 0 Å². The molecule has 0 bridgehead atoms. The first-order valence-electron chi connectivity index (χ1n) is 5.26. The van der Waals surface area contributed by atoms with Crippen molar-refractivity contribution in [2.24, 2.45) is 0 Å². The molecule has 2 aromatic heterocycles. The summed E-state index contributed by atoms with van der Waals surface area (Å²) < 4.78 is 13.4. The molecule has 0 saturated heterocycles. The van der Waals surface area contributed by atoms with Crippen LogP contribution in [0.25, 0.3) is 22.1 Å². The van der Waals surface area contributed by atoms with E-state index in [1.54, 1.807) is 23.5 Å². The first-order chi connectivity index (χ1) is 8.75. The molecule has 3 N–H and O–H groups in total. The van der Waals surface area contributed by atoms with Gasteiger partial charge in [-0.25, -0.2) is 9.37 Å². The van der Waals surface area contributed by atoms with Gasteiger partial charge in [0.2, 0.25) is 0 Å². The Morgan fingerprint density at radius 1 is 1.22 bits per heavy atom. The van der Waals surface area contributed by atoms with Gasteiger partial charge in [-0.2, -0.15) is 5.10 Å². The van der Waals surface area contributed by atoms with E-state index in [-0.39, 0.29) is 5.69 Å². The normalized spacial score (nSPS) is 10.7.